The van der Waals surface area contributed by atoms with E-state index in [1.165, 1.54) is 18.2 Å². The van der Waals surface area contributed by atoms with Crippen LogP contribution in [0.4, 0.5) is 8.78 Å². The topological polar surface area (TPSA) is 37.3 Å². The molecule has 0 aromatic heterocycles. The van der Waals surface area contributed by atoms with E-state index in [9.17, 15) is 13.6 Å². The number of carboxylic acid groups (broad SMARTS) is 1. The molecule has 1 aliphatic rings. The van der Waals surface area contributed by atoms with E-state index >= 15 is 0 Å². The highest BCUT2D eigenvalue weighted by Crippen LogP contribution is 2.63. The summed E-state index contributed by atoms with van der Waals surface area (Å²) in [5, 5.41) is 9.10. The van der Waals surface area contributed by atoms with Gasteiger partial charge in [-0.25, -0.2) is 8.78 Å². The van der Waals surface area contributed by atoms with Crippen LogP contribution in [0.3, 0.4) is 0 Å². The van der Waals surface area contributed by atoms with Crippen molar-refractivity contribution in [1.29, 1.82) is 0 Å². The molecule has 0 spiro atoms. The fourth-order valence-electron chi connectivity index (χ4n) is 1.75. The zero-order chi connectivity index (χ0) is 12.1. The highest BCUT2D eigenvalue weighted by Gasteiger charge is 2.77. The van der Waals surface area contributed by atoms with Crippen LogP contribution in [0.2, 0.25) is 10.0 Å². The minimum Gasteiger partial charge on any atom is -0.480 e. The number of hydrogen-bond acceptors (Lipinski definition) is 1. The molecule has 86 valence electrons. The third kappa shape index (κ3) is 1.40. The molecule has 2 nitrogen and oxygen atoms in total. The second-order valence-electron chi connectivity index (χ2n) is 3.72. The summed E-state index contributed by atoms with van der Waals surface area (Å²) in [5.41, 5.74) is -2.34. The average molecular weight is 267 g/mol. The number of carbonyl (C=O) groups is 1. The molecule has 1 saturated carbocycles. The van der Waals surface area contributed by atoms with E-state index < -0.39 is 23.7 Å². The molecule has 1 fully saturated rings. The second-order valence-corrected chi connectivity index (χ2v) is 4.56. The monoisotopic (exact) mass is 266 g/mol. The fourth-order valence-corrected chi connectivity index (χ4v) is 2.20. The first-order chi connectivity index (χ1) is 7.31. The maximum atomic E-state index is 13.2. The van der Waals surface area contributed by atoms with Crippen molar-refractivity contribution in [3.05, 3.63) is 33.8 Å². The van der Waals surface area contributed by atoms with Crippen molar-refractivity contribution < 1.29 is 18.7 Å². The lowest BCUT2D eigenvalue weighted by Gasteiger charge is -2.13. The Balaban J connectivity index is 2.59. The number of benzene rings is 1. The molecule has 6 heteroatoms. The quantitative estimate of drug-likeness (QED) is 0.892. The summed E-state index contributed by atoms with van der Waals surface area (Å²) in [7, 11) is 0. The predicted octanol–water partition coefficient (Wildman–Crippen LogP) is 3.35. The van der Waals surface area contributed by atoms with Crippen LogP contribution >= 0.6 is 23.2 Å². The normalized spacial score (nSPS) is 26.5. The number of halogens is 4. The Bertz CT molecular complexity index is 476. The summed E-state index contributed by atoms with van der Waals surface area (Å²) in [6.07, 6.45) is -0.741. The van der Waals surface area contributed by atoms with E-state index in [0.29, 0.717) is 0 Å². The molecular formula is C10H6Cl2F2O2. The van der Waals surface area contributed by atoms with Gasteiger partial charge < -0.3 is 5.11 Å². The van der Waals surface area contributed by atoms with Crippen molar-refractivity contribution in [3.8, 4) is 0 Å². The van der Waals surface area contributed by atoms with E-state index in [4.69, 9.17) is 28.3 Å². The Morgan fingerprint density at radius 1 is 1.38 bits per heavy atom. The molecule has 1 aromatic rings. The van der Waals surface area contributed by atoms with Crippen LogP contribution in [0, 0.1) is 0 Å². The van der Waals surface area contributed by atoms with Crippen molar-refractivity contribution in [2.75, 3.05) is 0 Å². The van der Waals surface area contributed by atoms with Crippen molar-refractivity contribution in [1.82, 2.24) is 0 Å². The van der Waals surface area contributed by atoms with Crippen LogP contribution in [-0.4, -0.2) is 17.0 Å². The third-order valence-electron chi connectivity index (χ3n) is 2.74. The third-order valence-corrected chi connectivity index (χ3v) is 3.30. The molecule has 1 aliphatic carbocycles. The smallest absolute Gasteiger partial charge is 0.320 e. The molecule has 2 rings (SSSR count). The van der Waals surface area contributed by atoms with Gasteiger partial charge in [-0.3, -0.25) is 4.79 Å². The van der Waals surface area contributed by atoms with Gasteiger partial charge in [-0.05, 0) is 23.8 Å². The standard InChI is InChI=1S/C10H6Cl2F2O2/c11-5-1-2-7(12)6(3-5)9(8(15)16)4-10(9,13)14/h1-3H,4H2,(H,15,16). The van der Waals surface area contributed by atoms with Gasteiger partial charge >= 0.3 is 5.97 Å². The molecule has 1 unspecified atom stereocenters. The summed E-state index contributed by atoms with van der Waals surface area (Å²) in [5.74, 6) is -4.85. The minimum absolute atomic E-state index is 0.0102. The fraction of sp³-hybridized carbons (Fsp3) is 0.300. The van der Waals surface area contributed by atoms with Crippen LogP contribution in [0.5, 0.6) is 0 Å². The molecule has 16 heavy (non-hydrogen) atoms. The van der Waals surface area contributed by atoms with Crippen LogP contribution < -0.4 is 0 Å². The first-order valence-corrected chi connectivity index (χ1v) is 5.13. The van der Waals surface area contributed by atoms with E-state index in [1.807, 2.05) is 0 Å². The summed E-state index contributed by atoms with van der Waals surface area (Å²) in [6, 6.07) is 3.92. The molecule has 0 aliphatic heterocycles. The lowest BCUT2D eigenvalue weighted by molar-refractivity contribution is -0.142. The largest absolute Gasteiger partial charge is 0.480 e. The van der Waals surface area contributed by atoms with E-state index in [-0.39, 0.29) is 15.6 Å². The Kier molecular flexibility index (Phi) is 2.40. The Labute approximate surface area is 99.8 Å². The van der Waals surface area contributed by atoms with Gasteiger partial charge in [0.1, 0.15) is 0 Å². The second kappa shape index (κ2) is 3.31. The zero-order valence-electron chi connectivity index (χ0n) is 7.81. The molecule has 0 heterocycles. The lowest BCUT2D eigenvalue weighted by atomic mass is 9.95. The summed E-state index contributed by atoms with van der Waals surface area (Å²) >= 11 is 11.4. The zero-order valence-corrected chi connectivity index (χ0v) is 9.32. The molecule has 1 N–H and O–H groups in total. The minimum atomic E-state index is -3.27. The van der Waals surface area contributed by atoms with Gasteiger partial charge in [0.2, 0.25) is 0 Å². The highest BCUT2D eigenvalue weighted by molar-refractivity contribution is 6.34. The van der Waals surface area contributed by atoms with E-state index in [2.05, 4.69) is 0 Å². The van der Waals surface area contributed by atoms with Gasteiger partial charge in [0.05, 0.1) is 0 Å². The van der Waals surface area contributed by atoms with Gasteiger partial charge in [0.25, 0.3) is 5.92 Å². The summed E-state index contributed by atoms with van der Waals surface area (Å²) in [4.78, 5) is 11.0. The first-order valence-electron chi connectivity index (χ1n) is 4.38. The maximum Gasteiger partial charge on any atom is 0.320 e. The van der Waals surface area contributed by atoms with Crippen LogP contribution in [0.1, 0.15) is 12.0 Å². The van der Waals surface area contributed by atoms with Crippen LogP contribution in [0.25, 0.3) is 0 Å². The van der Waals surface area contributed by atoms with Crippen molar-refractivity contribution in [2.45, 2.75) is 17.8 Å². The Morgan fingerprint density at radius 3 is 2.38 bits per heavy atom. The van der Waals surface area contributed by atoms with Crippen LogP contribution in [0.15, 0.2) is 18.2 Å². The van der Waals surface area contributed by atoms with Crippen LogP contribution in [-0.2, 0) is 10.2 Å². The van der Waals surface area contributed by atoms with E-state index in [0.717, 1.165) is 0 Å². The molecular weight excluding hydrogens is 261 g/mol. The van der Waals surface area contributed by atoms with Gasteiger partial charge in [-0.15, -0.1) is 0 Å². The summed E-state index contributed by atoms with van der Waals surface area (Å²) < 4.78 is 26.4. The summed E-state index contributed by atoms with van der Waals surface area (Å²) in [6.45, 7) is 0. The Hall–Kier alpha value is -0.870. The maximum absolute atomic E-state index is 13.2. The molecule has 0 amide bonds. The molecule has 0 radical (unpaired) electrons. The number of alkyl halides is 2. The van der Waals surface area contributed by atoms with Gasteiger partial charge in [0.15, 0.2) is 5.41 Å². The van der Waals surface area contributed by atoms with Crippen molar-refractivity contribution >= 4 is 29.2 Å². The number of aliphatic carboxylic acids is 1. The van der Waals surface area contributed by atoms with Gasteiger partial charge in [-0.1, -0.05) is 23.2 Å². The van der Waals surface area contributed by atoms with Gasteiger partial charge in [0, 0.05) is 16.5 Å². The van der Waals surface area contributed by atoms with Crippen molar-refractivity contribution in [3.63, 3.8) is 0 Å². The van der Waals surface area contributed by atoms with Crippen molar-refractivity contribution in [2.24, 2.45) is 0 Å². The SMILES string of the molecule is O=C(O)C1(c2cc(Cl)ccc2Cl)CC1(F)F. The Morgan fingerprint density at radius 2 is 1.94 bits per heavy atom. The first kappa shape index (κ1) is 11.6. The number of hydrogen-bond donors (Lipinski definition) is 1. The number of rotatable bonds is 2. The lowest BCUT2D eigenvalue weighted by Crippen LogP contribution is -2.27. The van der Waals surface area contributed by atoms with E-state index in [1.54, 1.807) is 0 Å². The highest BCUT2D eigenvalue weighted by atomic mass is 35.5. The number of carboxylic acids is 1. The predicted molar refractivity (Wildman–Crippen MR) is 55.3 cm³/mol. The molecule has 1 aromatic carbocycles. The molecule has 0 bridgehead atoms. The van der Waals surface area contributed by atoms with Gasteiger partial charge in [-0.2, -0.15) is 0 Å². The average Bonchev–Trinajstić information content (AvgIpc) is 2.75. The molecule has 1 atom stereocenters. The molecule has 0 saturated heterocycles.